The normalized spacial score (nSPS) is 24.0. The van der Waals surface area contributed by atoms with Crippen LogP contribution in [0.25, 0.3) is 20.5 Å². The van der Waals surface area contributed by atoms with Crippen LogP contribution >= 0.6 is 11.3 Å². The second kappa shape index (κ2) is 13.8. The SMILES string of the molecule is O=C(c1ccc(OCCN2CCCCC2)cc1)c1c(-c2ccc(O)cc2)sc2cc(O[C@@H]3O[C@H](CO)[C@@H](O)[C@H](O)[C@H]3O)ccc12. The first-order valence-corrected chi connectivity index (χ1v) is 16.0. The van der Waals surface area contributed by atoms with Crippen LogP contribution in [0.15, 0.2) is 66.7 Å². The number of hydrogen-bond acceptors (Lipinski definition) is 11. The minimum atomic E-state index is -1.57. The molecular formula is C34H37NO9S. The molecule has 0 amide bonds. The highest BCUT2D eigenvalue weighted by Crippen LogP contribution is 2.42. The third kappa shape index (κ3) is 6.85. The van der Waals surface area contributed by atoms with Gasteiger partial charge in [-0.05, 0) is 98.2 Å². The molecule has 4 aromatic rings. The summed E-state index contributed by atoms with van der Waals surface area (Å²) in [4.78, 5) is 17.2. The third-order valence-electron chi connectivity index (χ3n) is 8.36. The molecule has 5 atom stereocenters. The fourth-order valence-corrected chi connectivity index (χ4v) is 7.05. The standard InChI is InChI=1S/C34H37NO9S/c36-19-26-30(39)31(40)32(41)34(44-26)43-24-12-13-25-27(18-24)45-33(21-4-8-22(37)9-5-21)28(25)29(38)20-6-10-23(11-7-20)42-17-16-35-14-2-1-3-15-35/h4-13,18,26,30-32,34,36-37,39-41H,1-3,14-17,19H2/t26-,30-,31+,32-,34-/m1/s1. The summed E-state index contributed by atoms with van der Waals surface area (Å²) in [5, 5.41) is 50.7. The summed E-state index contributed by atoms with van der Waals surface area (Å²) in [7, 11) is 0. The molecule has 2 aliphatic heterocycles. The van der Waals surface area contributed by atoms with Crippen LogP contribution in [0.3, 0.4) is 0 Å². The van der Waals surface area contributed by atoms with E-state index in [4.69, 9.17) is 14.2 Å². The van der Waals surface area contributed by atoms with Crippen molar-refractivity contribution in [2.45, 2.75) is 50.0 Å². The van der Waals surface area contributed by atoms with Crippen molar-refractivity contribution in [1.82, 2.24) is 4.90 Å². The fourth-order valence-electron chi connectivity index (χ4n) is 5.81. The highest BCUT2D eigenvalue weighted by molar-refractivity contribution is 7.22. The number of fused-ring (bicyclic) bond motifs is 1. The zero-order valence-corrected chi connectivity index (χ0v) is 25.4. The quantitative estimate of drug-likeness (QED) is 0.164. The van der Waals surface area contributed by atoms with Gasteiger partial charge in [0.05, 0.1) is 6.61 Å². The molecule has 1 aromatic heterocycles. The summed E-state index contributed by atoms with van der Waals surface area (Å²) in [5.74, 6) is 0.938. The summed E-state index contributed by atoms with van der Waals surface area (Å²) in [6.45, 7) is 3.11. The van der Waals surface area contributed by atoms with Gasteiger partial charge in [-0.1, -0.05) is 6.42 Å². The van der Waals surface area contributed by atoms with E-state index >= 15 is 0 Å². The van der Waals surface area contributed by atoms with E-state index in [2.05, 4.69) is 4.90 Å². The molecule has 6 rings (SSSR count). The largest absolute Gasteiger partial charge is 0.508 e. The van der Waals surface area contributed by atoms with Crippen LogP contribution in [0, 0.1) is 0 Å². The Bertz CT molecular complexity index is 1600. The van der Waals surface area contributed by atoms with Gasteiger partial charge in [0.2, 0.25) is 6.29 Å². The maximum absolute atomic E-state index is 14.0. The minimum absolute atomic E-state index is 0.110. The minimum Gasteiger partial charge on any atom is -0.508 e. The molecule has 0 unspecified atom stereocenters. The number of likely N-dealkylation sites (tertiary alicyclic amines) is 1. The molecule has 11 heteroatoms. The molecule has 3 aromatic carbocycles. The number of nitrogens with zero attached hydrogens (tertiary/aromatic N) is 1. The van der Waals surface area contributed by atoms with Gasteiger partial charge in [0, 0.05) is 32.6 Å². The Balaban J connectivity index is 1.26. The Kier molecular flexibility index (Phi) is 9.67. The molecule has 10 nitrogen and oxygen atoms in total. The molecule has 3 heterocycles. The van der Waals surface area contributed by atoms with E-state index in [1.54, 1.807) is 54.6 Å². The molecule has 2 aliphatic rings. The van der Waals surface area contributed by atoms with Crippen molar-refractivity contribution in [3.05, 3.63) is 77.9 Å². The zero-order chi connectivity index (χ0) is 31.5. The topological polar surface area (TPSA) is 149 Å². The van der Waals surface area contributed by atoms with Crippen molar-refractivity contribution in [2.75, 3.05) is 32.8 Å². The number of aliphatic hydroxyl groups excluding tert-OH is 4. The predicted octanol–water partition coefficient (Wildman–Crippen LogP) is 3.55. The molecule has 5 N–H and O–H groups in total. The van der Waals surface area contributed by atoms with Gasteiger partial charge in [-0.15, -0.1) is 11.3 Å². The average Bonchev–Trinajstić information content (AvgIpc) is 3.44. The van der Waals surface area contributed by atoms with Gasteiger partial charge in [0.25, 0.3) is 0 Å². The second-order valence-electron chi connectivity index (χ2n) is 11.4. The fraction of sp³-hybridized carbons (Fsp3) is 0.382. The number of phenolic OH excluding ortho intramolecular Hbond substituents is 1. The number of aromatic hydroxyl groups is 1. The number of ether oxygens (including phenoxy) is 3. The second-order valence-corrected chi connectivity index (χ2v) is 12.5. The van der Waals surface area contributed by atoms with Gasteiger partial charge in [0.1, 0.15) is 48.3 Å². The molecule has 0 saturated carbocycles. The maximum Gasteiger partial charge on any atom is 0.229 e. The van der Waals surface area contributed by atoms with E-state index in [0.717, 1.165) is 29.9 Å². The van der Waals surface area contributed by atoms with E-state index in [0.29, 0.717) is 39.5 Å². The number of thiophene rings is 1. The van der Waals surface area contributed by atoms with Crippen LogP contribution < -0.4 is 9.47 Å². The van der Waals surface area contributed by atoms with Gasteiger partial charge in [0.15, 0.2) is 5.78 Å². The van der Waals surface area contributed by atoms with Crippen molar-refractivity contribution in [3.8, 4) is 27.7 Å². The van der Waals surface area contributed by atoms with Crippen LogP contribution in [0.4, 0.5) is 0 Å². The van der Waals surface area contributed by atoms with Gasteiger partial charge in [-0.25, -0.2) is 0 Å². The number of rotatable bonds is 10. The monoisotopic (exact) mass is 635 g/mol. The molecule has 2 fully saturated rings. The van der Waals surface area contributed by atoms with E-state index in [-0.39, 0.29) is 11.5 Å². The molecule has 238 valence electrons. The van der Waals surface area contributed by atoms with Gasteiger partial charge < -0.3 is 39.7 Å². The predicted molar refractivity (Wildman–Crippen MR) is 169 cm³/mol. The molecular weight excluding hydrogens is 598 g/mol. The Morgan fingerprint density at radius 1 is 0.889 bits per heavy atom. The van der Waals surface area contributed by atoms with Crippen LogP contribution in [-0.2, 0) is 4.74 Å². The van der Waals surface area contributed by atoms with Gasteiger partial charge in [-0.3, -0.25) is 9.69 Å². The first kappa shape index (κ1) is 31.4. The van der Waals surface area contributed by atoms with Crippen LogP contribution in [-0.4, -0.2) is 99.8 Å². The summed E-state index contributed by atoms with van der Waals surface area (Å²) in [6, 6.07) is 18.9. The lowest BCUT2D eigenvalue weighted by Gasteiger charge is -2.39. The number of aliphatic hydroxyl groups is 4. The first-order valence-electron chi connectivity index (χ1n) is 15.2. The molecule has 0 radical (unpaired) electrons. The van der Waals surface area contributed by atoms with Crippen molar-refractivity contribution in [3.63, 3.8) is 0 Å². The van der Waals surface area contributed by atoms with E-state index < -0.39 is 37.3 Å². The molecule has 45 heavy (non-hydrogen) atoms. The van der Waals surface area contributed by atoms with E-state index in [9.17, 15) is 30.3 Å². The molecule has 2 saturated heterocycles. The number of carbonyl (C=O) groups is 1. The number of ketones is 1. The molecule has 0 aliphatic carbocycles. The van der Waals surface area contributed by atoms with Crippen LogP contribution in [0.5, 0.6) is 17.2 Å². The van der Waals surface area contributed by atoms with Crippen molar-refractivity contribution in [1.29, 1.82) is 0 Å². The summed E-state index contributed by atoms with van der Waals surface area (Å²) >= 11 is 1.37. The number of hydrogen-bond donors (Lipinski definition) is 5. The average molecular weight is 636 g/mol. The summed E-state index contributed by atoms with van der Waals surface area (Å²) in [5.41, 5.74) is 1.75. The highest BCUT2D eigenvalue weighted by Gasteiger charge is 2.44. The lowest BCUT2D eigenvalue weighted by atomic mass is 9.97. The number of phenols is 1. The highest BCUT2D eigenvalue weighted by atomic mass is 32.1. The van der Waals surface area contributed by atoms with Crippen molar-refractivity contribution < 1.29 is 44.5 Å². The van der Waals surface area contributed by atoms with Crippen molar-refractivity contribution >= 4 is 27.2 Å². The Morgan fingerprint density at radius 2 is 1.60 bits per heavy atom. The maximum atomic E-state index is 14.0. The van der Waals surface area contributed by atoms with E-state index in [1.807, 2.05) is 12.1 Å². The number of piperidine rings is 1. The van der Waals surface area contributed by atoms with Gasteiger partial charge in [-0.2, -0.15) is 0 Å². The lowest BCUT2D eigenvalue weighted by Crippen LogP contribution is -2.60. The molecule has 0 bridgehead atoms. The van der Waals surface area contributed by atoms with Crippen molar-refractivity contribution in [2.24, 2.45) is 0 Å². The Morgan fingerprint density at radius 3 is 2.31 bits per heavy atom. The Labute approximate surface area is 264 Å². The molecule has 0 spiro atoms. The number of benzene rings is 3. The zero-order valence-electron chi connectivity index (χ0n) is 24.6. The lowest BCUT2D eigenvalue weighted by molar-refractivity contribution is -0.277. The first-order chi connectivity index (χ1) is 21.8. The smallest absolute Gasteiger partial charge is 0.229 e. The number of carbonyl (C=O) groups excluding carboxylic acids is 1. The Hall–Kier alpha value is -3.55. The third-order valence-corrected chi connectivity index (χ3v) is 9.56. The van der Waals surface area contributed by atoms with Crippen LogP contribution in [0.1, 0.15) is 35.2 Å². The summed E-state index contributed by atoms with van der Waals surface area (Å²) < 4.78 is 18.0. The van der Waals surface area contributed by atoms with E-state index in [1.165, 1.54) is 30.6 Å². The van der Waals surface area contributed by atoms with Gasteiger partial charge >= 0.3 is 0 Å². The summed E-state index contributed by atoms with van der Waals surface area (Å²) in [6.07, 6.45) is -3.30. The van der Waals surface area contributed by atoms with Crippen LogP contribution in [0.2, 0.25) is 0 Å².